The summed E-state index contributed by atoms with van der Waals surface area (Å²) in [5.74, 6) is 0.579. The summed E-state index contributed by atoms with van der Waals surface area (Å²) in [5.41, 5.74) is 8.24. The van der Waals surface area contributed by atoms with Crippen molar-refractivity contribution in [2.45, 2.75) is 0 Å². The molecule has 0 aromatic carbocycles. The fourth-order valence-electron chi connectivity index (χ4n) is 1.32. The number of rotatable bonds is 2. The van der Waals surface area contributed by atoms with Crippen molar-refractivity contribution in [3.05, 3.63) is 36.8 Å². The molecule has 2 rings (SSSR count). The maximum atomic E-state index is 5.66. The van der Waals surface area contributed by atoms with Gasteiger partial charge in [0.25, 0.3) is 0 Å². The van der Waals surface area contributed by atoms with Crippen molar-refractivity contribution in [3.8, 4) is 17.0 Å². The van der Waals surface area contributed by atoms with Gasteiger partial charge in [-0.05, 0) is 17.7 Å². The van der Waals surface area contributed by atoms with Crippen molar-refractivity contribution in [2.75, 3.05) is 12.8 Å². The van der Waals surface area contributed by atoms with Crippen LogP contribution in [-0.4, -0.2) is 17.1 Å². The molecule has 2 heterocycles. The topological polar surface area (TPSA) is 61.0 Å². The molecule has 4 heteroatoms. The number of nitrogens with zero attached hydrogens (tertiary/aromatic N) is 2. The summed E-state index contributed by atoms with van der Waals surface area (Å²) in [6, 6.07) is 5.59. The molecule has 2 N–H and O–H groups in total. The fourth-order valence-corrected chi connectivity index (χ4v) is 1.32. The van der Waals surface area contributed by atoms with Crippen LogP contribution < -0.4 is 10.5 Å². The average Bonchev–Trinajstić information content (AvgIpc) is 2.29. The molecule has 15 heavy (non-hydrogen) atoms. The quantitative estimate of drug-likeness (QED) is 0.803. The van der Waals surface area contributed by atoms with Crippen molar-refractivity contribution in [1.82, 2.24) is 9.97 Å². The molecule has 4 nitrogen and oxygen atoms in total. The van der Waals surface area contributed by atoms with Gasteiger partial charge >= 0.3 is 0 Å². The summed E-state index contributed by atoms with van der Waals surface area (Å²) in [6.45, 7) is 0. The van der Waals surface area contributed by atoms with Crippen molar-refractivity contribution >= 4 is 5.69 Å². The zero-order chi connectivity index (χ0) is 10.7. The lowest BCUT2D eigenvalue weighted by Crippen LogP contribution is -1.90. The van der Waals surface area contributed by atoms with Gasteiger partial charge in [-0.3, -0.25) is 4.98 Å². The number of ether oxygens (including phenoxy) is 1. The van der Waals surface area contributed by atoms with E-state index in [-0.39, 0.29) is 0 Å². The lowest BCUT2D eigenvalue weighted by Gasteiger charge is -2.03. The highest BCUT2D eigenvalue weighted by atomic mass is 16.5. The third kappa shape index (κ3) is 2.04. The third-order valence-corrected chi connectivity index (χ3v) is 2.04. The normalized spacial score (nSPS) is 9.93. The van der Waals surface area contributed by atoms with Gasteiger partial charge in [0, 0.05) is 30.2 Å². The van der Waals surface area contributed by atoms with Crippen LogP contribution in [0.5, 0.6) is 5.88 Å². The maximum Gasteiger partial charge on any atom is 0.213 e. The summed E-state index contributed by atoms with van der Waals surface area (Å²) in [7, 11) is 1.59. The molecule has 0 fully saturated rings. The first-order valence-electron chi connectivity index (χ1n) is 4.50. The summed E-state index contributed by atoms with van der Waals surface area (Å²) in [4.78, 5) is 8.06. The summed E-state index contributed by atoms with van der Waals surface area (Å²) >= 11 is 0. The number of anilines is 1. The number of hydrogen-bond acceptors (Lipinski definition) is 4. The smallest absolute Gasteiger partial charge is 0.213 e. The molecule has 0 aliphatic heterocycles. The first-order chi connectivity index (χ1) is 7.29. The average molecular weight is 201 g/mol. The Balaban J connectivity index is 2.44. The monoisotopic (exact) mass is 201 g/mol. The molecule has 0 atom stereocenters. The zero-order valence-electron chi connectivity index (χ0n) is 8.34. The standard InChI is InChI=1S/C11H11N3O/c1-15-11-5-8(2-3-14-11)9-4-10(12)7-13-6-9/h2-7H,12H2,1H3. The molecule has 0 amide bonds. The molecular weight excluding hydrogens is 190 g/mol. The molecule has 0 saturated carbocycles. The van der Waals surface area contributed by atoms with Crippen molar-refractivity contribution in [2.24, 2.45) is 0 Å². The highest BCUT2D eigenvalue weighted by molar-refractivity contribution is 5.66. The Kier molecular flexibility index (Phi) is 2.49. The van der Waals surface area contributed by atoms with Gasteiger partial charge in [-0.25, -0.2) is 4.98 Å². The largest absolute Gasteiger partial charge is 0.481 e. The summed E-state index contributed by atoms with van der Waals surface area (Å²) in [6.07, 6.45) is 5.06. The van der Waals surface area contributed by atoms with E-state index in [1.165, 1.54) is 0 Å². The van der Waals surface area contributed by atoms with Crippen molar-refractivity contribution in [3.63, 3.8) is 0 Å². The molecule has 0 aliphatic carbocycles. The van der Waals surface area contributed by atoms with E-state index in [9.17, 15) is 0 Å². The number of pyridine rings is 2. The third-order valence-electron chi connectivity index (χ3n) is 2.04. The van der Waals surface area contributed by atoms with Gasteiger partial charge in [-0.15, -0.1) is 0 Å². The van der Waals surface area contributed by atoms with Crippen LogP contribution in [0.4, 0.5) is 5.69 Å². The molecule has 0 aliphatic rings. The molecular formula is C11H11N3O. The number of hydrogen-bond donors (Lipinski definition) is 1. The number of nitrogens with two attached hydrogens (primary N) is 1. The minimum absolute atomic E-state index is 0.579. The van der Waals surface area contributed by atoms with Crippen molar-refractivity contribution in [1.29, 1.82) is 0 Å². The Morgan fingerprint density at radius 3 is 2.80 bits per heavy atom. The minimum atomic E-state index is 0.579. The Hall–Kier alpha value is -2.10. The van der Waals surface area contributed by atoms with Crippen LogP contribution in [0, 0.1) is 0 Å². The number of aromatic nitrogens is 2. The van der Waals surface area contributed by atoms with Gasteiger partial charge < -0.3 is 10.5 Å². The lowest BCUT2D eigenvalue weighted by atomic mass is 10.1. The molecule has 0 radical (unpaired) electrons. The summed E-state index contributed by atoms with van der Waals surface area (Å²) < 4.78 is 5.04. The molecule has 0 unspecified atom stereocenters. The Morgan fingerprint density at radius 1 is 1.20 bits per heavy atom. The zero-order valence-corrected chi connectivity index (χ0v) is 8.34. The molecule has 2 aromatic heterocycles. The second-order valence-corrected chi connectivity index (χ2v) is 3.09. The highest BCUT2D eigenvalue weighted by Gasteiger charge is 2.00. The van der Waals surface area contributed by atoms with Gasteiger partial charge in [-0.1, -0.05) is 0 Å². The SMILES string of the molecule is COc1cc(-c2cncc(N)c2)ccn1. The van der Waals surface area contributed by atoms with Crippen LogP contribution in [-0.2, 0) is 0 Å². The van der Waals surface area contributed by atoms with Crippen molar-refractivity contribution < 1.29 is 4.74 Å². The van der Waals surface area contributed by atoms with Gasteiger partial charge in [0.15, 0.2) is 0 Å². The van der Waals surface area contributed by atoms with Gasteiger partial charge in [0.1, 0.15) is 0 Å². The predicted molar refractivity (Wildman–Crippen MR) is 58.4 cm³/mol. The molecule has 2 aromatic rings. The van der Waals surface area contributed by atoms with Gasteiger partial charge in [0.05, 0.1) is 12.8 Å². The van der Waals surface area contributed by atoms with E-state index in [4.69, 9.17) is 10.5 Å². The second-order valence-electron chi connectivity index (χ2n) is 3.09. The van der Waals surface area contributed by atoms with Crippen LogP contribution in [0.2, 0.25) is 0 Å². The Labute approximate surface area is 87.7 Å². The van der Waals surface area contributed by atoms with Crippen LogP contribution in [0.1, 0.15) is 0 Å². The van der Waals surface area contributed by atoms with Crippen LogP contribution in [0.25, 0.3) is 11.1 Å². The van der Waals surface area contributed by atoms with E-state index >= 15 is 0 Å². The molecule has 0 saturated heterocycles. The Morgan fingerprint density at radius 2 is 2.07 bits per heavy atom. The van der Waals surface area contributed by atoms with E-state index in [0.717, 1.165) is 11.1 Å². The van der Waals surface area contributed by atoms with E-state index in [1.54, 1.807) is 25.7 Å². The molecule has 0 spiro atoms. The Bertz CT molecular complexity index is 471. The number of methoxy groups -OCH3 is 1. The van der Waals surface area contributed by atoms with Crippen LogP contribution >= 0.6 is 0 Å². The predicted octanol–water partition coefficient (Wildman–Crippen LogP) is 1.73. The van der Waals surface area contributed by atoms with E-state index in [2.05, 4.69) is 9.97 Å². The second kappa shape index (κ2) is 3.96. The van der Waals surface area contributed by atoms with Gasteiger partial charge in [-0.2, -0.15) is 0 Å². The lowest BCUT2D eigenvalue weighted by molar-refractivity contribution is 0.398. The van der Waals surface area contributed by atoms with Crippen LogP contribution in [0.15, 0.2) is 36.8 Å². The van der Waals surface area contributed by atoms with E-state index in [1.807, 2.05) is 18.2 Å². The number of nitrogen functional groups attached to an aromatic ring is 1. The highest BCUT2D eigenvalue weighted by Crippen LogP contribution is 2.22. The molecule has 0 bridgehead atoms. The summed E-state index contributed by atoms with van der Waals surface area (Å²) in [5, 5.41) is 0. The maximum absolute atomic E-state index is 5.66. The molecule has 76 valence electrons. The first-order valence-corrected chi connectivity index (χ1v) is 4.50. The van der Waals surface area contributed by atoms with E-state index in [0.29, 0.717) is 11.6 Å². The van der Waals surface area contributed by atoms with Gasteiger partial charge in [0.2, 0.25) is 5.88 Å². The first kappa shape index (κ1) is 9.45. The minimum Gasteiger partial charge on any atom is -0.481 e. The van der Waals surface area contributed by atoms with E-state index < -0.39 is 0 Å². The van der Waals surface area contributed by atoms with Crippen LogP contribution in [0.3, 0.4) is 0 Å². The fraction of sp³-hybridized carbons (Fsp3) is 0.0909.